The topological polar surface area (TPSA) is 26.0 Å². The molecular formula is C16H17F2N. The third kappa shape index (κ3) is 2.51. The molecule has 0 bridgehead atoms. The summed E-state index contributed by atoms with van der Waals surface area (Å²) in [5, 5.41) is 0. The van der Waals surface area contributed by atoms with Gasteiger partial charge in [-0.05, 0) is 61.2 Å². The van der Waals surface area contributed by atoms with E-state index in [1.165, 1.54) is 18.2 Å². The quantitative estimate of drug-likeness (QED) is 0.874. The molecule has 1 nitrogen and oxygen atoms in total. The highest BCUT2D eigenvalue weighted by atomic mass is 19.1. The molecule has 0 fully saturated rings. The van der Waals surface area contributed by atoms with Crippen molar-refractivity contribution in [2.45, 2.75) is 26.3 Å². The highest BCUT2D eigenvalue weighted by molar-refractivity contribution is 5.42. The number of halogens is 2. The second-order valence-corrected chi connectivity index (χ2v) is 5.13. The molecule has 0 radical (unpaired) electrons. The minimum absolute atomic E-state index is 0.283. The van der Waals surface area contributed by atoms with Gasteiger partial charge in [-0.1, -0.05) is 18.2 Å². The van der Waals surface area contributed by atoms with E-state index in [0.29, 0.717) is 11.1 Å². The predicted octanol–water partition coefficient (Wildman–Crippen LogP) is 3.80. The lowest BCUT2D eigenvalue weighted by Gasteiger charge is -2.28. The maximum atomic E-state index is 13.7. The van der Waals surface area contributed by atoms with Crippen LogP contribution in [0.15, 0.2) is 36.4 Å². The second kappa shape index (κ2) is 4.74. The average molecular weight is 261 g/mol. The lowest BCUT2D eigenvalue weighted by molar-refractivity contribution is 0.570. The minimum Gasteiger partial charge on any atom is -0.318 e. The van der Waals surface area contributed by atoms with Gasteiger partial charge in [0.2, 0.25) is 0 Å². The SMILES string of the molecule is Cc1ccc(C(C)(N)c2ccc(F)cc2C)cc1F. The molecule has 0 aliphatic heterocycles. The normalized spacial score (nSPS) is 14.2. The van der Waals surface area contributed by atoms with Crippen molar-refractivity contribution in [3.63, 3.8) is 0 Å². The first-order valence-electron chi connectivity index (χ1n) is 6.14. The number of benzene rings is 2. The van der Waals surface area contributed by atoms with Gasteiger partial charge in [0.1, 0.15) is 11.6 Å². The zero-order valence-electron chi connectivity index (χ0n) is 11.3. The van der Waals surface area contributed by atoms with Crippen molar-refractivity contribution in [1.82, 2.24) is 0 Å². The van der Waals surface area contributed by atoms with Gasteiger partial charge in [-0.15, -0.1) is 0 Å². The maximum absolute atomic E-state index is 13.7. The van der Waals surface area contributed by atoms with E-state index in [0.717, 1.165) is 11.1 Å². The number of aryl methyl sites for hydroxylation is 2. The Morgan fingerprint density at radius 1 is 0.947 bits per heavy atom. The third-order valence-corrected chi connectivity index (χ3v) is 3.52. The van der Waals surface area contributed by atoms with Gasteiger partial charge in [-0.2, -0.15) is 0 Å². The second-order valence-electron chi connectivity index (χ2n) is 5.13. The molecule has 0 aromatic heterocycles. The fraction of sp³-hybridized carbons (Fsp3) is 0.250. The van der Waals surface area contributed by atoms with E-state index in [4.69, 9.17) is 5.73 Å². The summed E-state index contributed by atoms with van der Waals surface area (Å²) in [7, 11) is 0. The minimum atomic E-state index is -0.855. The predicted molar refractivity (Wildman–Crippen MR) is 72.9 cm³/mol. The molecular weight excluding hydrogens is 244 g/mol. The first-order valence-corrected chi connectivity index (χ1v) is 6.14. The Labute approximate surface area is 112 Å². The van der Waals surface area contributed by atoms with E-state index >= 15 is 0 Å². The third-order valence-electron chi connectivity index (χ3n) is 3.52. The summed E-state index contributed by atoms with van der Waals surface area (Å²) in [5.41, 5.74) is 8.28. The van der Waals surface area contributed by atoms with E-state index in [1.807, 2.05) is 0 Å². The van der Waals surface area contributed by atoms with Crippen molar-refractivity contribution >= 4 is 0 Å². The Hall–Kier alpha value is -1.74. The molecule has 3 heteroatoms. The van der Waals surface area contributed by atoms with Gasteiger partial charge in [-0.3, -0.25) is 0 Å². The van der Waals surface area contributed by atoms with Crippen LogP contribution in [0.3, 0.4) is 0 Å². The Balaban J connectivity index is 2.54. The molecule has 0 spiro atoms. The van der Waals surface area contributed by atoms with Crippen LogP contribution in [0.25, 0.3) is 0 Å². The van der Waals surface area contributed by atoms with Gasteiger partial charge in [0.25, 0.3) is 0 Å². The summed E-state index contributed by atoms with van der Waals surface area (Å²) in [6, 6.07) is 9.42. The van der Waals surface area contributed by atoms with E-state index < -0.39 is 5.54 Å². The molecule has 100 valence electrons. The monoisotopic (exact) mass is 261 g/mol. The smallest absolute Gasteiger partial charge is 0.126 e. The Kier molecular flexibility index (Phi) is 3.42. The Bertz CT molecular complexity index is 618. The van der Waals surface area contributed by atoms with Crippen LogP contribution in [-0.2, 0) is 5.54 Å². The highest BCUT2D eigenvalue weighted by Gasteiger charge is 2.26. The molecule has 1 atom stereocenters. The first-order chi connectivity index (χ1) is 8.82. The van der Waals surface area contributed by atoms with Crippen LogP contribution in [0, 0.1) is 25.5 Å². The fourth-order valence-corrected chi connectivity index (χ4v) is 2.28. The van der Waals surface area contributed by atoms with Crippen LogP contribution < -0.4 is 5.73 Å². The zero-order valence-corrected chi connectivity index (χ0v) is 11.3. The van der Waals surface area contributed by atoms with Crippen molar-refractivity contribution in [2.24, 2.45) is 5.73 Å². The lowest BCUT2D eigenvalue weighted by atomic mass is 9.83. The number of hydrogen-bond acceptors (Lipinski definition) is 1. The molecule has 2 aromatic carbocycles. The fourth-order valence-electron chi connectivity index (χ4n) is 2.28. The van der Waals surface area contributed by atoms with E-state index in [-0.39, 0.29) is 11.6 Å². The van der Waals surface area contributed by atoms with Gasteiger partial charge in [0, 0.05) is 0 Å². The molecule has 19 heavy (non-hydrogen) atoms. The molecule has 2 N–H and O–H groups in total. The molecule has 2 aromatic rings. The first kappa shape index (κ1) is 13.7. The van der Waals surface area contributed by atoms with Crippen LogP contribution in [-0.4, -0.2) is 0 Å². The maximum Gasteiger partial charge on any atom is 0.126 e. The number of hydrogen-bond donors (Lipinski definition) is 1. The summed E-state index contributed by atoms with van der Waals surface area (Å²) in [4.78, 5) is 0. The van der Waals surface area contributed by atoms with Crippen molar-refractivity contribution in [3.8, 4) is 0 Å². The van der Waals surface area contributed by atoms with E-state index in [1.54, 1.807) is 39.0 Å². The van der Waals surface area contributed by atoms with Crippen LogP contribution in [0.1, 0.15) is 29.2 Å². The number of rotatable bonds is 2. The van der Waals surface area contributed by atoms with Gasteiger partial charge >= 0.3 is 0 Å². The van der Waals surface area contributed by atoms with Crippen molar-refractivity contribution < 1.29 is 8.78 Å². The molecule has 0 aliphatic rings. The van der Waals surface area contributed by atoms with Crippen molar-refractivity contribution in [1.29, 1.82) is 0 Å². The van der Waals surface area contributed by atoms with Gasteiger partial charge in [0.05, 0.1) is 5.54 Å². The molecule has 1 unspecified atom stereocenters. The summed E-state index contributed by atoms with van der Waals surface area (Å²) >= 11 is 0. The van der Waals surface area contributed by atoms with Crippen LogP contribution in [0.2, 0.25) is 0 Å². The Morgan fingerprint density at radius 3 is 2.21 bits per heavy atom. The van der Waals surface area contributed by atoms with Crippen LogP contribution in [0.5, 0.6) is 0 Å². The van der Waals surface area contributed by atoms with Gasteiger partial charge in [0.15, 0.2) is 0 Å². The van der Waals surface area contributed by atoms with E-state index in [2.05, 4.69) is 0 Å². The summed E-state index contributed by atoms with van der Waals surface area (Å²) in [6.07, 6.45) is 0. The van der Waals surface area contributed by atoms with Gasteiger partial charge < -0.3 is 5.73 Å². The zero-order chi connectivity index (χ0) is 14.2. The number of nitrogens with two attached hydrogens (primary N) is 1. The van der Waals surface area contributed by atoms with Gasteiger partial charge in [-0.25, -0.2) is 8.78 Å². The summed E-state index contributed by atoms with van der Waals surface area (Å²) < 4.78 is 26.8. The molecule has 0 aliphatic carbocycles. The summed E-state index contributed by atoms with van der Waals surface area (Å²) in [6.45, 7) is 5.31. The molecule has 2 rings (SSSR count). The molecule has 0 heterocycles. The molecule has 0 saturated carbocycles. The van der Waals surface area contributed by atoms with Crippen LogP contribution >= 0.6 is 0 Å². The largest absolute Gasteiger partial charge is 0.318 e. The van der Waals surface area contributed by atoms with Crippen molar-refractivity contribution in [2.75, 3.05) is 0 Å². The Morgan fingerprint density at radius 2 is 1.63 bits per heavy atom. The van der Waals surface area contributed by atoms with Crippen molar-refractivity contribution in [3.05, 3.63) is 70.3 Å². The molecule has 0 amide bonds. The average Bonchev–Trinajstić information content (AvgIpc) is 2.32. The lowest BCUT2D eigenvalue weighted by Crippen LogP contribution is -2.35. The summed E-state index contributed by atoms with van der Waals surface area (Å²) in [5.74, 6) is -0.582. The standard InChI is InChI=1S/C16H17F2N/c1-10-4-5-12(9-15(10)18)16(3,19)14-7-6-13(17)8-11(14)2/h4-9H,19H2,1-3H3. The van der Waals surface area contributed by atoms with Crippen LogP contribution in [0.4, 0.5) is 8.78 Å². The molecule has 0 saturated heterocycles. The van der Waals surface area contributed by atoms with E-state index in [9.17, 15) is 8.78 Å². The highest BCUT2D eigenvalue weighted by Crippen LogP contribution is 2.30.